The van der Waals surface area contributed by atoms with Crippen LogP contribution in [0.4, 0.5) is 0 Å². The monoisotopic (exact) mass is 504 g/mol. The molecule has 0 bridgehead atoms. The van der Waals surface area contributed by atoms with Crippen LogP contribution in [-0.2, 0) is 4.79 Å². The van der Waals surface area contributed by atoms with Crippen molar-refractivity contribution in [2.24, 2.45) is 50.2 Å². The highest BCUT2D eigenvalue weighted by molar-refractivity contribution is 5.77. The van der Waals surface area contributed by atoms with Crippen molar-refractivity contribution in [1.82, 2.24) is 0 Å². The lowest BCUT2D eigenvalue weighted by Gasteiger charge is -2.72. The minimum absolute atomic E-state index is 0.0242. The zero-order valence-corrected chi connectivity index (χ0v) is 23.0. The van der Waals surface area contributed by atoms with Gasteiger partial charge in [-0.15, -0.1) is 0 Å². The van der Waals surface area contributed by atoms with Crippen molar-refractivity contribution >= 4 is 5.97 Å². The van der Waals surface area contributed by atoms with Crippen LogP contribution in [0.3, 0.4) is 0 Å². The van der Waals surface area contributed by atoms with Gasteiger partial charge >= 0.3 is 5.97 Å². The fourth-order valence-corrected chi connectivity index (χ4v) is 10.9. The van der Waals surface area contributed by atoms with E-state index < -0.39 is 35.1 Å². The summed E-state index contributed by atoms with van der Waals surface area (Å²) in [5, 5.41) is 54.5. The van der Waals surface area contributed by atoms with Gasteiger partial charge in [-0.3, -0.25) is 4.79 Å². The van der Waals surface area contributed by atoms with Crippen LogP contribution >= 0.6 is 0 Å². The molecule has 0 radical (unpaired) electrons. The van der Waals surface area contributed by atoms with Gasteiger partial charge in [0, 0.05) is 5.41 Å². The van der Waals surface area contributed by atoms with E-state index in [9.17, 15) is 30.3 Å². The molecule has 5 rings (SSSR count). The molecule has 0 spiro atoms. The van der Waals surface area contributed by atoms with E-state index >= 15 is 0 Å². The molecule has 0 aromatic carbocycles. The maximum absolute atomic E-state index is 12.8. The Morgan fingerprint density at radius 1 is 0.944 bits per heavy atom. The molecule has 0 heterocycles. The standard InChI is InChI=1S/C30H48O6/c1-25(2)11-12-30(24(35)36)18(13-25)17-7-8-21-26(3)14-19(32)23(34)27(4,16-31)20(26)9-10-28(21,5)29(17,6)15-22(30)33/h7,18-23,31-34H,8-16H2,1-6H3,(H,35,36)/t18-,19-,20+,21+,22+,23-,26-,27-,28+,29+,30+/m0/s1. The number of aliphatic carboxylic acids is 1. The van der Waals surface area contributed by atoms with E-state index in [0.717, 1.165) is 32.1 Å². The highest BCUT2D eigenvalue weighted by Crippen LogP contribution is 2.75. The fourth-order valence-electron chi connectivity index (χ4n) is 10.9. The normalized spacial score (nSPS) is 55.9. The molecule has 5 N–H and O–H groups in total. The maximum Gasteiger partial charge on any atom is 0.312 e. The van der Waals surface area contributed by atoms with E-state index in [1.807, 2.05) is 6.92 Å². The summed E-state index contributed by atoms with van der Waals surface area (Å²) in [4.78, 5) is 12.8. The SMILES string of the molecule is CC1(C)CC[C@]2(C(=O)O)[C@H](O)C[C@]3(C)C(=CC[C@@H]4[C@@]5(C)C[C@H](O)[C@H](O)[C@@](C)(CO)[C@@H]5CC[C@]43C)[C@@H]2C1. The van der Waals surface area contributed by atoms with Gasteiger partial charge in [0.1, 0.15) is 5.41 Å². The third-order valence-corrected chi connectivity index (χ3v) is 13.2. The summed E-state index contributed by atoms with van der Waals surface area (Å²) in [5.74, 6) is -0.765. The Morgan fingerprint density at radius 2 is 1.61 bits per heavy atom. The predicted molar refractivity (Wildman–Crippen MR) is 137 cm³/mol. The lowest BCUT2D eigenvalue weighted by atomic mass is 9.33. The lowest BCUT2D eigenvalue weighted by Crippen LogP contribution is -2.69. The quantitative estimate of drug-likeness (QED) is 0.361. The molecular weight excluding hydrogens is 456 g/mol. The van der Waals surface area contributed by atoms with E-state index in [4.69, 9.17) is 0 Å². The molecule has 36 heavy (non-hydrogen) atoms. The van der Waals surface area contributed by atoms with Crippen molar-refractivity contribution < 1.29 is 30.3 Å². The summed E-state index contributed by atoms with van der Waals surface area (Å²) in [7, 11) is 0. The molecule has 5 aliphatic carbocycles. The first kappa shape index (κ1) is 26.6. The Labute approximate surface area is 216 Å². The molecule has 4 saturated carbocycles. The van der Waals surface area contributed by atoms with Crippen molar-refractivity contribution in [3.8, 4) is 0 Å². The molecule has 0 aliphatic heterocycles. The van der Waals surface area contributed by atoms with Gasteiger partial charge in [-0.1, -0.05) is 53.2 Å². The molecule has 0 aromatic heterocycles. The van der Waals surface area contributed by atoms with Crippen LogP contribution in [0, 0.1) is 50.2 Å². The van der Waals surface area contributed by atoms with Crippen LogP contribution in [0.1, 0.15) is 92.9 Å². The van der Waals surface area contributed by atoms with Crippen LogP contribution < -0.4 is 0 Å². The zero-order chi connectivity index (χ0) is 26.7. The van der Waals surface area contributed by atoms with E-state index in [1.54, 1.807) is 0 Å². The second-order valence-electron chi connectivity index (χ2n) is 15.2. The van der Waals surface area contributed by atoms with E-state index in [1.165, 1.54) is 5.57 Å². The van der Waals surface area contributed by atoms with Crippen LogP contribution in [0.5, 0.6) is 0 Å². The van der Waals surface area contributed by atoms with E-state index in [2.05, 4.69) is 40.7 Å². The third-order valence-electron chi connectivity index (χ3n) is 13.2. The third kappa shape index (κ3) is 3.02. The first-order valence-electron chi connectivity index (χ1n) is 14.1. The lowest BCUT2D eigenvalue weighted by molar-refractivity contribution is -0.248. The minimum atomic E-state index is -1.12. The molecule has 204 valence electrons. The molecular formula is C30H48O6. The van der Waals surface area contributed by atoms with Crippen molar-refractivity contribution in [2.45, 2.75) is 111 Å². The number of carboxylic acid groups (broad SMARTS) is 1. The highest BCUT2D eigenvalue weighted by Gasteiger charge is 2.72. The van der Waals surface area contributed by atoms with E-state index in [-0.39, 0.29) is 46.0 Å². The van der Waals surface area contributed by atoms with Gasteiger partial charge in [0.05, 0.1) is 24.9 Å². The predicted octanol–water partition coefficient (Wildman–Crippen LogP) is 4.15. The smallest absolute Gasteiger partial charge is 0.312 e. The highest BCUT2D eigenvalue weighted by atomic mass is 16.4. The largest absolute Gasteiger partial charge is 0.481 e. The number of carboxylic acids is 1. The summed E-state index contributed by atoms with van der Waals surface area (Å²) in [5.41, 5.74) is -1.44. The average molecular weight is 505 g/mol. The molecule has 5 aliphatic rings. The number of rotatable bonds is 2. The second kappa shape index (κ2) is 7.80. The molecule has 4 fully saturated rings. The maximum atomic E-state index is 12.8. The van der Waals surface area contributed by atoms with Crippen LogP contribution in [0.2, 0.25) is 0 Å². The van der Waals surface area contributed by atoms with Crippen molar-refractivity contribution in [1.29, 1.82) is 0 Å². The van der Waals surface area contributed by atoms with Crippen LogP contribution in [0.15, 0.2) is 11.6 Å². The Hall–Kier alpha value is -0.950. The number of fused-ring (bicyclic) bond motifs is 7. The topological polar surface area (TPSA) is 118 Å². The van der Waals surface area contributed by atoms with Gasteiger partial charge in [-0.25, -0.2) is 0 Å². The van der Waals surface area contributed by atoms with E-state index in [0.29, 0.717) is 19.3 Å². The van der Waals surface area contributed by atoms with Gasteiger partial charge in [0.2, 0.25) is 0 Å². The molecule has 0 aromatic rings. The number of hydrogen-bond donors (Lipinski definition) is 5. The first-order valence-corrected chi connectivity index (χ1v) is 14.1. The van der Waals surface area contributed by atoms with Crippen molar-refractivity contribution in [3.05, 3.63) is 11.6 Å². The van der Waals surface area contributed by atoms with Crippen LogP contribution in [-0.4, -0.2) is 56.4 Å². The number of allylic oxidation sites excluding steroid dienone is 2. The zero-order valence-electron chi connectivity index (χ0n) is 23.0. The molecule has 0 saturated heterocycles. The Kier molecular flexibility index (Phi) is 5.77. The summed E-state index contributed by atoms with van der Waals surface area (Å²) in [6.45, 7) is 13.1. The Bertz CT molecular complexity index is 974. The first-order chi connectivity index (χ1) is 16.5. The molecule has 0 amide bonds. The average Bonchev–Trinajstić information content (AvgIpc) is 2.77. The number of aliphatic hydroxyl groups is 4. The summed E-state index contributed by atoms with van der Waals surface area (Å²) >= 11 is 0. The van der Waals surface area contributed by atoms with Gasteiger partial charge in [-0.2, -0.15) is 0 Å². The van der Waals surface area contributed by atoms with Gasteiger partial charge in [0.25, 0.3) is 0 Å². The van der Waals surface area contributed by atoms with Gasteiger partial charge in [-0.05, 0) is 90.8 Å². The summed E-state index contributed by atoms with van der Waals surface area (Å²) in [6, 6.07) is 0. The number of aliphatic hydroxyl groups excluding tert-OH is 4. The Balaban J connectivity index is 1.64. The number of hydrogen-bond acceptors (Lipinski definition) is 5. The summed E-state index contributed by atoms with van der Waals surface area (Å²) in [6.07, 6.45) is 5.13. The second-order valence-corrected chi connectivity index (χ2v) is 15.2. The minimum Gasteiger partial charge on any atom is -0.481 e. The molecule has 6 nitrogen and oxygen atoms in total. The Morgan fingerprint density at radius 3 is 2.22 bits per heavy atom. The number of carbonyl (C=O) groups is 1. The summed E-state index contributed by atoms with van der Waals surface area (Å²) < 4.78 is 0. The molecule has 6 heteroatoms. The van der Waals surface area contributed by atoms with Crippen molar-refractivity contribution in [3.63, 3.8) is 0 Å². The molecule has 0 unspecified atom stereocenters. The van der Waals surface area contributed by atoms with Gasteiger partial charge in [0.15, 0.2) is 0 Å². The fraction of sp³-hybridized carbons (Fsp3) is 0.900. The van der Waals surface area contributed by atoms with Crippen molar-refractivity contribution in [2.75, 3.05) is 6.61 Å². The molecule has 11 atom stereocenters. The van der Waals surface area contributed by atoms with Crippen LogP contribution in [0.25, 0.3) is 0 Å². The van der Waals surface area contributed by atoms with Gasteiger partial charge < -0.3 is 25.5 Å².